The lowest BCUT2D eigenvalue weighted by Crippen LogP contribution is -2.61. The maximum absolute atomic E-state index is 13.8. The molecule has 2 aromatic carbocycles. The van der Waals surface area contributed by atoms with E-state index in [1.807, 2.05) is 42.5 Å². The van der Waals surface area contributed by atoms with Gasteiger partial charge in [-0.15, -0.1) is 0 Å². The molecule has 8 rings (SSSR count). The van der Waals surface area contributed by atoms with Crippen LogP contribution in [0.5, 0.6) is 5.88 Å². The molecule has 220 valence electrons. The summed E-state index contributed by atoms with van der Waals surface area (Å²) in [4.78, 5) is 43.9. The number of aromatic nitrogens is 2. The first-order valence-corrected chi connectivity index (χ1v) is 14.8. The van der Waals surface area contributed by atoms with Crippen LogP contribution in [0, 0.1) is 17.8 Å². The number of methoxy groups -OCH3 is 1. The highest BCUT2D eigenvalue weighted by molar-refractivity contribution is 5.94. The second kappa shape index (κ2) is 10.6. The van der Waals surface area contributed by atoms with Gasteiger partial charge in [-0.05, 0) is 91.8 Å². The number of rotatable bonds is 6. The van der Waals surface area contributed by atoms with Crippen molar-refractivity contribution in [3.63, 3.8) is 0 Å². The number of fused-ring (bicyclic) bond motifs is 1. The van der Waals surface area contributed by atoms with Crippen LogP contribution in [-0.2, 0) is 11.2 Å². The molecular formula is C34H33N3O6. The van der Waals surface area contributed by atoms with Gasteiger partial charge in [-0.1, -0.05) is 30.3 Å². The molecule has 4 aromatic rings. The Morgan fingerprint density at radius 2 is 1.72 bits per heavy atom. The zero-order valence-electron chi connectivity index (χ0n) is 23.9. The van der Waals surface area contributed by atoms with E-state index in [2.05, 4.69) is 10.3 Å². The SMILES string of the molecule is COC(=O)Oc1c(Cc2ccc(C(=O)NC3[C@@H]4CC5C[C@H]3CC(O)(C5)C4)cc2)c(=O)c2cccnc2n1-c1ccccc1. The van der Waals surface area contributed by atoms with Crippen LogP contribution in [0.4, 0.5) is 4.79 Å². The van der Waals surface area contributed by atoms with Crippen molar-refractivity contribution >= 4 is 23.1 Å². The molecule has 5 atom stereocenters. The zero-order chi connectivity index (χ0) is 29.7. The number of nitrogens with one attached hydrogen (secondary N) is 1. The molecule has 2 aromatic heterocycles. The molecule has 4 aliphatic carbocycles. The third kappa shape index (κ3) is 4.97. The van der Waals surface area contributed by atoms with Crippen molar-refractivity contribution in [1.82, 2.24) is 14.9 Å². The fourth-order valence-electron chi connectivity index (χ4n) is 7.87. The Bertz CT molecular complexity index is 1750. The van der Waals surface area contributed by atoms with Crippen LogP contribution < -0.4 is 15.5 Å². The van der Waals surface area contributed by atoms with Crippen molar-refractivity contribution in [3.8, 4) is 11.6 Å². The number of para-hydroxylation sites is 1. The molecule has 2 heterocycles. The van der Waals surface area contributed by atoms with Gasteiger partial charge in [-0.2, -0.15) is 0 Å². The predicted molar refractivity (Wildman–Crippen MR) is 159 cm³/mol. The molecule has 4 fully saturated rings. The predicted octanol–water partition coefficient (Wildman–Crippen LogP) is 4.79. The van der Waals surface area contributed by atoms with Crippen LogP contribution >= 0.6 is 0 Å². The Morgan fingerprint density at radius 3 is 2.40 bits per heavy atom. The van der Waals surface area contributed by atoms with Crippen LogP contribution in [0.25, 0.3) is 16.7 Å². The highest BCUT2D eigenvalue weighted by Crippen LogP contribution is 2.55. The molecule has 0 saturated heterocycles. The Morgan fingerprint density at radius 1 is 1.00 bits per heavy atom. The van der Waals surface area contributed by atoms with Gasteiger partial charge in [0.05, 0.1) is 29.3 Å². The Balaban J connectivity index is 1.19. The summed E-state index contributed by atoms with van der Waals surface area (Å²) in [6.45, 7) is 0. The van der Waals surface area contributed by atoms with Crippen LogP contribution in [0.15, 0.2) is 77.7 Å². The van der Waals surface area contributed by atoms with Crippen molar-refractivity contribution < 1.29 is 24.2 Å². The quantitative estimate of drug-likeness (QED) is 0.315. The van der Waals surface area contributed by atoms with Crippen molar-refractivity contribution in [1.29, 1.82) is 0 Å². The second-order valence-electron chi connectivity index (χ2n) is 12.3. The van der Waals surface area contributed by atoms with Gasteiger partial charge in [0, 0.05) is 24.2 Å². The third-order valence-corrected chi connectivity index (χ3v) is 9.48. The second-order valence-corrected chi connectivity index (χ2v) is 12.3. The van der Waals surface area contributed by atoms with Gasteiger partial charge in [0.25, 0.3) is 5.91 Å². The Kier molecular flexibility index (Phi) is 6.77. The summed E-state index contributed by atoms with van der Waals surface area (Å²) in [6, 6.07) is 19.9. The van der Waals surface area contributed by atoms with E-state index in [4.69, 9.17) is 9.47 Å². The fraction of sp³-hybridized carbons (Fsp3) is 0.353. The number of carbonyl (C=O) groups excluding carboxylic acids is 2. The lowest BCUT2D eigenvalue weighted by Gasteiger charge is -2.58. The zero-order valence-corrected chi connectivity index (χ0v) is 23.9. The summed E-state index contributed by atoms with van der Waals surface area (Å²) < 4.78 is 12.1. The summed E-state index contributed by atoms with van der Waals surface area (Å²) in [5.41, 5.74) is 1.72. The first kappa shape index (κ1) is 27.3. The van der Waals surface area contributed by atoms with Gasteiger partial charge in [0.15, 0.2) is 11.1 Å². The average molecular weight is 580 g/mol. The van der Waals surface area contributed by atoms with E-state index in [9.17, 15) is 19.5 Å². The number of aliphatic hydroxyl groups is 1. The van der Waals surface area contributed by atoms with E-state index in [0.717, 1.165) is 37.7 Å². The molecule has 0 radical (unpaired) electrons. The van der Waals surface area contributed by atoms with E-state index >= 15 is 0 Å². The maximum Gasteiger partial charge on any atom is 0.514 e. The number of carbonyl (C=O) groups is 2. The van der Waals surface area contributed by atoms with Crippen LogP contribution in [0.3, 0.4) is 0 Å². The van der Waals surface area contributed by atoms with Crippen molar-refractivity contribution in [2.24, 2.45) is 17.8 Å². The minimum atomic E-state index is -0.954. The van der Waals surface area contributed by atoms with Gasteiger partial charge in [-0.3, -0.25) is 14.2 Å². The molecule has 4 saturated carbocycles. The summed E-state index contributed by atoms with van der Waals surface area (Å²) >= 11 is 0. The third-order valence-electron chi connectivity index (χ3n) is 9.48. The number of benzene rings is 2. The van der Waals surface area contributed by atoms with Gasteiger partial charge >= 0.3 is 6.16 Å². The molecule has 9 nitrogen and oxygen atoms in total. The number of hydrogen-bond acceptors (Lipinski definition) is 7. The first-order valence-electron chi connectivity index (χ1n) is 14.8. The van der Waals surface area contributed by atoms with Gasteiger partial charge in [-0.25, -0.2) is 9.78 Å². The van der Waals surface area contributed by atoms with Crippen molar-refractivity contribution in [2.45, 2.75) is 50.2 Å². The number of amides is 1. The summed E-state index contributed by atoms with van der Waals surface area (Å²) in [7, 11) is 1.21. The van der Waals surface area contributed by atoms with Crippen LogP contribution in [0.2, 0.25) is 0 Å². The van der Waals surface area contributed by atoms with E-state index in [-0.39, 0.29) is 35.2 Å². The van der Waals surface area contributed by atoms with Gasteiger partial charge in [0.1, 0.15) is 0 Å². The van der Waals surface area contributed by atoms with Gasteiger partial charge in [0.2, 0.25) is 5.88 Å². The standard InChI is InChI=1S/C34H33N3O6/c1-42-33(40)43-32-27(29(38)26-8-5-13-35-30(26)37(32)25-6-3-2-4-7-25)16-20-9-11-22(12-10-20)31(39)36-28-23-14-21-15-24(28)19-34(41,17-21)18-23/h2-13,21,23-24,28,41H,14-19H2,1H3,(H,36,39)/t21?,23-,24+,28?,34?. The van der Waals surface area contributed by atoms with Crippen LogP contribution in [-0.4, -0.2) is 45.5 Å². The first-order chi connectivity index (χ1) is 20.8. The number of nitrogens with zero attached hydrogens (tertiary/aromatic N) is 2. The molecule has 1 amide bonds. The minimum absolute atomic E-state index is 0.0274. The smallest absolute Gasteiger partial charge is 0.437 e. The lowest BCUT2D eigenvalue weighted by molar-refractivity contribution is -0.136. The molecule has 4 aliphatic rings. The molecule has 0 spiro atoms. The summed E-state index contributed by atoms with van der Waals surface area (Å²) in [5.74, 6) is 1.11. The van der Waals surface area contributed by atoms with Crippen LogP contribution in [0.1, 0.15) is 53.6 Å². The summed E-state index contributed by atoms with van der Waals surface area (Å²) in [5, 5.41) is 14.5. The molecule has 9 heteroatoms. The Labute approximate surface area is 248 Å². The highest BCUT2D eigenvalue weighted by Gasteiger charge is 2.55. The molecule has 0 aliphatic heterocycles. The fourth-order valence-corrected chi connectivity index (χ4v) is 7.87. The number of hydrogen-bond donors (Lipinski definition) is 2. The van der Waals surface area contributed by atoms with E-state index in [1.165, 1.54) is 7.11 Å². The lowest BCUT2D eigenvalue weighted by atomic mass is 9.52. The number of ether oxygens (including phenoxy) is 2. The molecule has 43 heavy (non-hydrogen) atoms. The molecule has 4 bridgehead atoms. The average Bonchev–Trinajstić information content (AvgIpc) is 3.01. The maximum atomic E-state index is 13.8. The molecular weight excluding hydrogens is 546 g/mol. The van der Waals surface area contributed by atoms with Gasteiger partial charge < -0.3 is 19.9 Å². The highest BCUT2D eigenvalue weighted by atomic mass is 16.7. The monoisotopic (exact) mass is 579 g/mol. The molecule has 2 N–H and O–H groups in total. The molecule has 3 unspecified atom stereocenters. The largest absolute Gasteiger partial charge is 0.514 e. The van der Waals surface area contributed by atoms with Crippen molar-refractivity contribution in [2.75, 3.05) is 7.11 Å². The normalized spacial score (nSPS) is 25.4. The minimum Gasteiger partial charge on any atom is -0.437 e. The number of pyridine rings is 2. The Hall–Kier alpha value is -4.50. The van der Waals surface area contributed by atoms with E-state index in [1.54, 1.807) is 35.0 Å². The topological polar surface area (TPSA) is 120 Å². The summed E-state index contributed by atoms with van der Waals surface area (Å²) in [6.07, 6.45) is 5.35. The van der Waals surface area contributed by atoms with E-state index < -0.39 is 11.8 Å². The van der Waals surface area contributed by atoms with E-state index in [0.29, 0.717) is 40.0 Å². The van der Waals surface area contributed by atoms with Crippen molar-refractivity contribution in [3.05, 3.63) is 99.8 Å².